The van der Waals surface area contributed by atoms with Crippen LogP contribution in [0.15, 0.2) is 24.3 Å². The zero-order valence-electron chi connectivity index (χ0n) is 15.1. The van der Waals surface area contributed by atoms with Crippen LogP contribution in [0.25, 0.3) is 0 Å². The molecule has 1 aromatic rings. The largest absolute Gasteiger partial charge is 0.463 e. The van der Waals surface area contributed by atoms with Crippen LogP contribution in [-0.4, -0.2) is 44.6 Å². The summed E-state index contributed by atoms with van der Waals surface area (Å²) in [7, 11) is 0. The molecule has 5 nitrogen and oxygen atoms in total. The predicted octanol–water partition coefficient (Wildman–Crippen LogP) is 3.06. The third-order valence-corrected chi connectivity index (χ3v) is 4.80. The first-order chi connectivity index (χ1) is 12.2. The molecule has 0 bridgehead atoms. The Kier molecular flexibility index (Phi) is 6.45. The van der Waals surface area contributed by atoms with Crippen LogP contribution in [0.1, 0.15) is 43.7 Å². The lowest BCUT2D eigenvalue weighted by atomic mass is 9.88. The zero-order chi connectivity index (χ0) is 17.6. The first-order valence-electron chi connectivity index (χ1n) is 9.22. The van der Waals surface area contributed by atoms with Gasteiger partial charge in [-0.3, -0.25) is 4.79 Å². The van der Waals surface area contributed by atoms with Crippen LogP contribution in [0.3, 0.4) is 0 Å². The van der Waals surface area contributed by atoms with Gasteiger partial charge in [0.05, 0.1) is 32.3 Å². The molecule has 138 valence electrons. The maximum absolute atomic E-state index is 12.2. The molecular weight excluding hydrogens is 320 g/mol. The van der Waals surface area contributed by atoms with Gasteiger partial charge in [0.2, 0.25) is 0 Å². The average Bonchev–Trinajstić information content (AvgIpc) is 3.52. The number of carbonyl (C=O) groups is 1. The summed E-state index contributed by atoms with van der Waals surface area (Å²) < 4.78 is 21.2. The second kappa shape index (κ2) is 8.79. The van der Waals surface area contributed by atoms with Crippen LogP contribution in [0.4, 0.5) is 0 Å². The Morgan fingerprint density at radius 2 is 1.80 bits per heavy atom. The second-order valence-corrected chi connectivity index (χ2v) is 7.04. The molecule has 2 heterocycles. The van der Waals surface area contributed by atoms with Crippen molar-refractivity contribution in [3.63, 3.8) is 0 Å². The van der Waals surface area contributed by atoms with Crippen molar-refractivity contribution in [1.29, 1.82) is 0 Å². The molecule has 2 aliphatic rings. The van der Waals surface area contributed by atoms with Crippen molar-refractivity contribution in [3.8, 4) is 0 Å². The number of ether oxygens (including phenoxy) is 4. The van der Waals surface area contributed by atoms with Gasteiger partial charge in [-0.1, -0.05) is 38.1 Å². The van der Waals surface area contributed by atoms with Crippen LogP contribution < -0.4 is 0 Å². The molecule has 0 N–H and O–H groups in total. The summed E-state index contributed by atoms with van der Waals surface area (Å²) >= 11 is 0. The summed E-state index contributed by atoms with van der Waals surface area (Å²) in [5, 5.41) is 0. The van der Waals surface area contributed by atoms with Crippen LogP contribution in [0.5, 0.6) is 0 Å². The van der Waals surface area contributed by atoms with E-state index in [2.05, 4.69) is 31.2 Å². The quantitative estimate of drug-likeness (QED) is 0.454. The van der Waals surface area contributed by atoms with Gasteiger partial charge in [0, 0.05) is 0 Å². The highest BCUT2D eigenvalue weighted by atomic mass is 16.6. The number of esters is 1. The Hall–Kier alpha value is -1.43. The van der Waals surface area contributed by atoms with Crippen molar-refractivity contribution in [2.45, 2.75) is 51.4 Å². The van der Waals surface area contributed by atoms with Crippen molar-refractivity contribution < 1.29 is 23.7 Å². The summed E-state index contributed by atoms with van der Waals surface area (Å²) in [6.07, 6.45) is 2.02. The van der Waals surface area contributed by atoms with E-state index in [9.17, 15) is 4.79 Å². The van der Waals surface area contributed by atoms with E-state index in [0.717, 1.165) is 25.0 Å². The Balaban J connectivity index is 1.44. The third kappa shape index (κ3) is 6.10. The minimum atomic E-state index is -0.0998. The first kappa shape index (κ1) is 18.4. The number of carbonyl (C=O) groups excluding carboxylic acids is 1. The molecule has 2 aliphatic heterocycles. The smallest absolute Gasteiger partial charge is 0.309 e. The SMILES string of the molecule is CCC(CC(C)c1ccc(COCC2CO2)cc1)C(=O)OCC1CO1. The van der Waals surface area contributed by atoms with Gasteiger partial charge in [-0.15, -0.1) is 0 Å². The predicted molar refractivity (Wildman–Crippen MR) is 93.4 cm³/mol. The molecule has 4 atom stereocenters. The Bertz CT molecular complexity index is 548. The maximum Gasteiger partial charge on any atom is 0.309 e. The molecule has 0 amide bonds. The second-order valence-electron chi connectivity index (χ2n) is 7.04. The molecule has 4 unspecified atom stereocenters. The Morgan fingerprint density at radius 3 is 2.40 bits per heavy atom. The van der Waals surface area contributed by atoms with Crippen molar-refractivity contribution in [3.05, 3.63) is 35.4 Å². The molecule has 5 heteroatoms. The zero-order valence-corrected chi connectivity index (χ0v) is 15.1. The van der Waals surface area contributed by atoms with E-state index in [1.54, 1.807) is 0 Å². The molecule has 0 spiro atoms. The van der Waals surface area contributed by atoms with Crippen LogP contribution in [0, 0.1) is 5.92 Å². The van der Waals surface area contributed by atoms with E-state index in [4.69, 9.17) is 18.9 Å². The Labute approximate surface area is 149 Å². The van der Waals surface area contributed by atoms with Gasteiger partial charge in [-0.2, -0.15) is 0 Å². The van der Waals surface area contributed by atoms with E-state index in [1.807, 2.05) is 6.92 Å². The summed E-state index contributed by atoms with van der Waals surface area (Å²) in [4.78, 5) is 12.2. The molecule has 0 aromatic heterocycles. The van der Waals surface area contributed by atoms with Gasteiger partial charge >= 0.3 is 5.97 Å². The van der Waals surface area contributed by atoms with Gasteiger partial charge in [0.25, 0.3) is 0 Å². The maximum atomic E-state index is 12.2. The van der Waals surface area contributed by atoms with Gasteiger partial charge in [-0.05, 0) is 29.9 Å². The molecule has 2 fully saturated rings. The normalized spacial score (nSPS) is 23.8. The summed E-state index contributed by atoms with van der Waals surface area (Å²) in [6.45, 7) is 7.41. The lowest BCUT2D eigenvalue weighted by molar-refractivity contribution is -0.149. The molecule has 3 rings (SSSR count). The van der Waals surface area contributed by atoms with E-state index in [-0.39, 0.29) is 18.0 Å². The highest BCUT2D eigenvalue weighted by Crippen LogP contribution is 2.26. The topological polar surface area (TPSA) is 60.6 Å². The fourth-order valence-electron chi connectivity index (χ4n) is 2.86. The van der Waals surface area contributed by atoms with E-state index in [1.165, 1.54) is 5.56 Å². The molecule has 0 aliphatic carbocycles. The number of rotatable bonds is 11. The van der Waals surface area contributed by atoms with Crippen LogP contribution >= 0.6 is 0 Å². The van der Waals surface area contributed by atoms with Crippen LogP contribution in [0.2, 0.25) is 0 Å². The van der Waals surface area contributed by atoms with Gasteiger partial charge in [0.1, 0.15) is 18.8 Å². The molecule has 0 saturated carbocycles. The molecule has 25 heavy (non-hydrogen) atoms. The minimum absolute atomic E-state index is 0.0599. The Morgan fingerprint density at radius 1 is 1.16 bits per heavy atom. The minimum Gasteiger partial charge on any atom is -0.463 e. The standard InChI is InChI=1S/C20H28O5/c1-3-16(20(21)25-13-19-12-24-19)8-14(2)17-6-4-15(5-7-17)9-22-10-18-11-23-18/h4-7,14,16,18-19H,3,8-13H2,1-2H3. The summed E-state index contributed by atoms with van der Waals surface area (Å²) in [6, 6.07) is 8.47. The van der Waals surface area contributed by atoms with Crippen molar-refractivity contribution in [2.24, 2.45) is 5.92 Å². The molecular formula is C20H28O5. The summed E-state index contributed by atoms with van der Waals surface area (Å²) in [5.74, 6) is 0.150. The van der Waals surface area contributed by atoms with Gasteiger partial charge < -0.3 is 18.9 Å². The van der Waals surface area contributed by atoms with Crippen LogP contribution in [-0.2, 0) is 30.3 Å². The number of hydrogen-bond donors (Lipinski definition) is 0. The third-order valence-electron chi connectivity index (χ3n) is 4.80. The molecule has 1 aromatic carbocycles. The fraction of sp³-hybridized carbons (Fsp3) is 0.650. The lowest BCUT2D eigenvalue weighted by Crippen LogP contribution is -2.21. The number of epoxide rings is 2. The molecule has 2 saturated heterocycles. The molecule has 0 radical (unpaired) electrons. The van der Waals surface area contributed by atoms with Gasteiger partial charge in [-0.25, -0.2) is 0 Å². The van der Waals surface area contributed by atoms with Crippen molar-refractivity contribution >= 4 is 5.97 Å². The number of hydrogen-bond acceptors (Lipinski definition) is 5. The van der Waals surface area contributed by atoms with Gasteiger partial charge in [0.15, 0.2) is 0 Å². The van der Waals surface area contributed by atoms with E-state index >= 15 is 0 Å². The fourth-order valence-corrected chi connectivity index (χ4v) is 2.86. The van der Waals surface area contributed by atoms with E-state index < -0.39 is 0 Å². The van der Waals surface area contributed by atoms with Crippen molar-refractivity contribution in [1.82, 2.24) is 0 Å². The number of benzene rings is 1. The highest BCUT2D eigenvalue weighted by Gasteiger charge is 2.27. The average molecular weight is 348 g/mol. The monoisotopic (exact) mass is 348 g/mol. The first-order valence-corrected chi connectivity index (χ1v) is 9.22. The lowest BCUT2D eigenvalue weighted by Gasteiger charge is -2.19. The van der Waals surface area contributed by atoms with Crippen molar-refractivity contribution in [2.75, 3.05) is 26.4 Å². The highest BCUT2D eigenvalue weighted by molar-refractivity contribution is 5.72. The summed E-state index contributed by atoms with van der Waals surface area (Å²) in [5.41, 5.74) is 2.40. The van der Waals surface area contributed by atoms with E-state index in [0.29, 0.717) is 38.4 Å².